The summed E-state index contributed by atoms with van der Waals surface area (Å²) in [4.78, 5) is 15.3. The number of fused-ring (bicyclic) bond motifs is 1. The lowest BCUT2D eigenvalue weighted by Gasteiger charge is -2.14. The van der Waals surface area contributed by atoms with Crippen molar-refractivity contribution in [1.29, 1.82) is 0 Å². The summed E-state index contributed by atoms with van der Waals surface area (Å²) in [6.07, 6.45) is 3.24. The van der Waals surface area contributed by atoms with Crippen LogP contribution in [0.2, 0.25) is 0 Å². The molecule has 3 rings (SSSR count). The Balaban J connectivity index is 0.00000169. The van der Waals surface area contributed by atoms with Gasteiger partial charge < -0.3 is 5.73 Å². The van der Waals surface area contributed by atoms with Crippen LogP contribution in [0.15, 0.2) is 22.9 Å². The van der Waals surface area contributed by atoms with E-state index in [0.717, 1.165) is 20.9 Å². The van der Waals surface area contributed by atoms with Gasteiger partial charge in [0.25, 0.3) is 0 Å². The van der Waals surface area contributed by atoms with E-state index in [-0.39, 0.29) is 36.3 Å². The van der Waals surface area contributed by atoms with Crippen molar-refractivity contribution in [3.05, 3.63) is 33.4 Å². The first-order valence-electron chi connectivity index (χ1n) is 7.59. The summed E-state index contributed by atoms with van der Waals surface area (Å²) in [5, 5.41) is 7.99. The Morgan fingerprint density at radius 2 is 2.00 bits per heavy atom. The molecular formula is C16H22Cl2N6S2. The summed E-state index contributed by atoms with van der Waals surface area (Å²) in [5.41, 5.74) is 9.77. The molecule has 0 fully saturated rings. The number of rotatable bonds is 4. The fourth-order valence-corrected chi connectivity index (χ4v) is 3.87. The molecule has 26 heavy (non-hydrogen) atoms. The second-order valence-electron chi connectivity index (χ2n) is 6.57. The highest BCUT2D eigenvalue weighted by Gasteiger charge is 2.18. The Kier molecular flexibility index (Phi) is 7.91. The number of hydrogen-bond donors (Lipinski definition) is 2. The third kappa shape index (κ3) is 5.11. The molecular weight excluding hydrogens is 411 g/mol. The zero-order chi connectivity index (χ0) is 17.3. The van der Waals surface area contributed by atoms with Crippen LogP contribution in [0.1, 0.15) is 49.3 Å². The van der Waals surface area contributed by atoms with Gasteiger partial charge in [0.2, 0.25) is 0 Å². The van der Waals surface area contributed by atoms with E-state index >= 15 is 0 Å². The zero-order valence-electron chi connectivity index (χ0n) is 14.9. The number of nitrogens with two attached hydrogens (primary N) is 1. The monoisotopic (exact) mass is 432 g/mol. The van der Waals surface area contributed by atoms with Crippen molar-refractivity contribution >= 4 is 69.7 Å². The summed E-state index contributed by atoms with van der Waals surface area (Å²) < 4.78 is 0. The number of nitrogens with one attached hydrogen (secondary N) is 1. The number of halogens is 2. The summed E-state index contributed by atoms with van der Waals surface area (Å²) in [5.74, 6) is 0.701. The molecule has 0 saturated heterocycles. The maximum absolute atomic E-state index is 5.81. The van der Waals surface area contributed by atoms with E-state index in [1.165, 1.54) is 16.2 Å². The van der Waals surface area contributed by atoms with Gasteiger partial charge in [0.1, 0.15) is 16.2 Å². The molecule has 3 aromatic rings. The first-order valence-corrected chi connectivity index (χ1v) is 9.29. The molecule has 10 heteroatoms. The second-order valence-corrected chi connectivity index (χ2v) is 8.49. The lowest BCUT2D eigenvalue weighted by Crippen LogP contribution is -2.07. The van der Waals surface area contributed by atoms with E-state index in [0.29, 0.717) is 5.82 Å². The molecule has 3 N–H and O–H groups in total. The highest BCUT2D eigenvalue weighted by atomic mass is 35.5. The van der Waals surface area contributed by atoms with Gasteiger partial charge in [0, 0.05) is 16.3 Å². The van der Waals surface area contributed by atoms with Crippen molar-refractivity contribution in [2.24, 2.45) is 10.8 Å². The van der Waals surface area contributed by atoms with Gasteiger partial charge in [-0.3, -0.25) is 5.43 Å². The molecule has 1 unspecified atom stereocenters. The fraction of sp³-hybridized carbons (Fsp3) is 0.375. The third-order valence-corrected chi connectivity index (χ3v) is 5.69. The minimum absolute atomic E-state index is 0. The van der Waals surface area contributed by atoms with Crippen molar-refractivity contribution in [3.63, 3.8) is 0 Å². The number of anilines is 1. The van der Waals surface area contributed by atoms with Crippen molar-refractivity contribution in [1.82, 2.24) is 15.0 Å². The topological polar surface area (TPSA) is 89.1 Å². The van der Waals surface area contributed by atoms with Gasteiger partial charge in [-0.2, -0.15) is 5.10 Å². The SMILES string of the molecule is CC(N)c1csc(/C=N/Nc2ncnc3sc(C(C)(C)C)cc23)n1.Cl.Cl. The summed E-state index contributed by atoms with van der Waals surface area (Å²) in [6.45, 7) is 8.48. The minimum atomic E-state index is -0.0699. The van der Waals surface area contributed by atoms with E-state index in [9.17, 15) is 0 Å². The van der Waals surface area contributed by atoms with Gasteiger partial charge in [-0.05, 0) is 18.4 Å². The van der Waals surface area contributed by atoms with Crippen LogP contribution in [-0.4, -0.2) is 21.2 Å². The van der Waals surface area contributed by atoms with E-state index < -0.39 is 0 Å². The zero-order valence-corrected chi connectivity index (χ0v) is 18.2. The van der Waals surface area contributed by atoms with E-state index in [1.807, 2.05) is 12.3 Å². The van der Waals surface area contributed by atoms with Crippen LogP contribution in [0.4, 0.5) is 5.82 Å². The molecule has 0 bridgehead atoms. The predicted molar refractivity (Wildman–Crippen MR) is 117 cm³/mol. The molecule has 0 spiro atoms. The summed E-state index contributed by atoms with van der Waals surface area (Å²) >= 11 is 3.20. The van der Waals surface area contributed by atoms with Crippen LogP contribution < -0.4 is 11.2 Å². The van der Waals surface area contributed by atoms with Crippen LogP contribution >= 0.6 is 47.5 Å². The molecule has 3 heterocycles. The van der Waals surface area contributed by atoms with Gasteiger partial charge in [0.05, 0.1) is 17.3 Å². The number of thiazole rings is 1. The van der Waals surface area contributed by atoms with Crippen molar-refractivity contribution in [2.75, 3.05) is 5.43 Å². The van der Waals surface area contributed by atoms with Crippen LogP contribution in [0, 0.1) is 0 Å². The van der Waals surface area contributed by atoms with Gasteiger partial charge in [-0.1, -0.05) is 20.8 Å². The van der Waals surface area contributed by atoms with E-state index in [1.54, 1.807) is 23.9 Å². The van der Waals surface area contributed by atoms with Gasteiger partial charge in [0.15, 0.2) is 5.82 Å². The van der Waals surface area contributed by atoms with Crippen LogP contribution in [-0.2, 0) is 5.41 Å². The maximum atomic E-state index is 5.81. The first-order chi connectivity index (χ1) is 11.3. The largest absolute Gasteiger partial charge is 0.323 e. The van der Waals surface area contributed by atoms with Crippen LogP contribution in [0.25, 0.3) is 10.2 Å². The average molecular weight is 433 g/mol. The van der Waals surface area contributed by atoms with Gasteiger partial charge in [-0.25, -0.2) is 15.0 Å². The Labute approximate surface area is 173 Å². The normalized spacial score (nSPS) is 12.7. The number of hydrazone groups is 1. The lowest BCUT2D eigenvalue weighted by atomic mass is 9.94. The Bertz CT molecular complexity index is 882. The third-order valence-electron chi connectivity index (χ3n) is 3.42. The van der Waals surface area contributed by atoms with Crippen molar-refractivity contribution in [2.45, 2.75) is 39.2 Å². The first kappa shape index (κ1) is 22.7. The molecule has 142 valence electrons. The minimum Gasteiger partial charge on any atom is -0.323 e. The van der Waals surface area contributed by atoms with Crippen LogP contribution in [0.5, 0.6) is 0 Å². The molecule has 0 saturated carbocycles. The number of thiophene rings is 1. The highest BCUT2D eigenvalue weighted by molar-refractivity contribution is 7.18. The molecule has 0 aromatic carbocycles. The molecule has 1 atom stereocenters. The van der Waals surface area contributed by atoms with Crippen molar-refractivity contribution < 1.29 is 0 Å². The standard InChI is InChI=1S/C16H20N6S2.2ClH/c1-9(17)11-7-23-13(21-11)6-20-22-14-10-5-12(16(2,3)4)24-15(10)19-8-18-14;;/h5-9H,17H2,1-4H3,(H,18,19,22);2*1H/b20-6+;;. The maximum Gasteiger partial charge on any atom is 0.158 e. The molecule has 0 amide bonds. The molecule has 0 radical (unpaired) electrons. The van der Waals surface area contributed by atoms with Gasteiger partial charge in [-0.15, -0.1) is 47.5 Å². The quantitative estimate of drug-likeness (QED) is 0.458. The summed E-state index contributed by atoms with van der Waals surface area (Å²) in [6, 6.07) is 2.06. The van der Waals surface area contributed by atoms with E-state index in [4.69, 9.17) is 5.73 Å². The Morgan fingerprint density at radius 1 is 1.27 bits per heavy atom. The molecule has 0 aliphatic carbocycles. The number of nitrogens with zero attached hydrogens (tertiary/aromatic N) is 4. The average Bonchev–Trinajstić information content (AvgIpc) is 3.13. The summed E-state index contributed by atoms with van der Waals surface area (Å²) in [7, 11) is 0. The lowest BCUT2D eigenvalue weighted by molar-refractivity contribution is 0.604. The van der Waals surface area contributed by atoms with E-state index in [2.05, 4.69) is 52.3 Å². The highest BCUT2D eigenvalue weighted by Crippen LogP contribution is 2.35. The molecule has 3 aromatic heterocycles. The second kappa shape index (κ2) is 9.05. The number of aromatic nitrogens is 3. The van der Waals surface area contributed by atoms with Gasteiger partial charge >= 0.3 is 0 Å². The van der Waals surface area contributed by atoms with Crippen molar-refractivity contribution in [3.8, 4) is 0 Å². The molecule has 0 aliphatic heterocycles. The Morgan fingerprint density at radius 3 is 2.62 bits per heavy atom. The molecule has 0 aliphatic rings. The smallest absolute Gasteiger partial charge is 0.158 e. The Hall–Kier alpha value is -1.32. The van der Waals surface area contributed by atoms with Crippen LogP contribution in [0.3, 0.4) is 0 Å². The molecule has 6 nitrogen and oxygen atoms in total. The fourth-order valence-electron chi connectivity index (χ4n) is 2.03. The number of hydrogen-bond acceptors (Lipinski definition) is 8. The predicted octanol–water partition coefficient (Wildman–Crippen LogP) is 4.75.